The average molecular weight is 962 g/mol. The molecule has 0 saturated carbocycles. The number of aromatic nitrogens is 2. The largest absolute Gasteiger partial charge is 0.698 e. The predicted octanol–water partition coefficient (Wildman–Crippen LogP) is 9.88. The molecule has 358 valence electrons. The second kappa shape index (κ2) is 20.6. The second-order valence-corrected chi connectivity index (χ2v) is 18.7. The number of nitriles is 1. The van der Waals surface area contributed by atoms with E-state index in [1.165, 1.54) is 16.8 Å². The van der Waals surface area contributed by atoms with Gasteiger partial charge in [0, 0.05) is 39.7 Å². The summed E-state index contributed by atoms with van der Waals surface area (Å²) in [5.74, 6) is 1.72. The van der Waals surface area contributed by atoms with E-state index in [4.69, 9.17) is 32.7 Å². The summed E-state index contributed by atoms with van der Waals surface area (Å²) in [6.45, 7) is 7.46. The number of hydrogen-bond acceptors (Lipinski definition) is 12. The SMILES string of the molecule is COc1ccc(C(OC[C@@H]2O[C@H](n3ccc(=O)[nH]c3=O)C(Oc3ccc4ccc5cccc6ccc3c4c56)C2O[P+](=O)OCC(C#N)N(C(C)C)C(C)C)(c2ccccc2)c2ccc(OC)cc2)cc1. The normalized spacial score (nSPS) is 18.0. The molecule has 0 aliphatic carbocycles. The molecule has 70 heavy (non-hydrogen) atoms. The first kappa shape index (κ1) is 48.1. The zero-order chi connectivity index (χ0) is 49.1. The first-order valence-corrected chi connectivity index (χ1v) is 24.3. The van der Waals surface area contributed by atoms with Crippen molar-refractivity contribution in [2.75, 3.05) is 27.4 Å². The number of nitrogens with one attached hydrogen (secondary N) is 1. The molecule has 4 unspecified atom stereocenters. The Morgan fingerprint density at radius 2 is 1.31 bits per heavy atom. The minimum absolute atomic E-state index is 0.0162. The lowest BCUT2D eigenvalue weighted by Crippen LogP contribution is -2.46. The Hall–Kier alpha value is -6.95. The molecule has 9 rings (SSSR count). The van der Waals surface area contributed by atoms with Gasteiger partial charge < -0.3 is 23.7 Å². The Kier molecular flexibility index (Phi) is 14.1. The highest BCUT2D eigenvalue weighted by Gasteiger charge is 2.55. The number of ether oxygens (including phenoxy) is 5. The fraction of sp³-hybridized carbons (Fsp3) is 0.291. The highest BCUT2D eigenvalue weighted by atomic mass is 31.1. The molecule has 7 aromatic carbocycles. The third-order valence-corrected chi connectivity index (χ3v) is 13.8. The molecule has 15 heteroatoms. The van der Waals surface area contributed by atoms with Gasteiger partial charge in [-0.1, -0.05) is 97.1 Å². The van der Waals surface area contributed by atoms with Gasteiger partial charge in [0.25, 0.3) is 5.56 Å². The molecule has 1 aromatic heterocycles. The van der Waals surface area contributed by atoms with Gasteiger partial charge >= 0.3 is 13.9 Å². The Morgan fingerprint density at radius 3 is 1.90 bits per heavy atom. The summed E-state index contributed by atoms with van der Waals surface area (Å²) in [5, 5.41) is 16.2. The smallest absolute Gasteiger partial charge is 0.497 e. The van der Waals surface area contributed by atoms with Crippen LogP contribution in [-0.2, 0) is 28.7 Å². The number of hydrogen-bond donors (Lipinski definition) is 1. The van der Waals surface area contributed by atoms with Crippen molar-refractivity contribution in [2.24, 2.45) is 0 Å². The molecule has 14 nitrogen and oxygen atoms in total. The van der Waals surface area contributed by atoms with Crippen molar-refractivity contribution in [3.63, 3.8) is 0 Å². The van der Waals surface area contributed by atoms with Crippen molar-refractivity contribution in [3.05, 3.63) is 183 Å². The quantitative estimate of drug-likeness (QED) is 0.0464. The lowest BCUT2D eigenvalue weighted by Gasteiger charge is -2.37. The summed E-state index contributed by atoms with van der Waals surface area (Å²) >= 11 is 0. The van der Waals surface area contributed by atoms with Crippen molar-refractivity contribution in [1.29, 1.82) is 5.26 Å². The summed E-state index contributed by atoms with van der Waals surface area (Å²) in [6.07, 6.45) is -3.55. The lowest BCUT2D eigenvalue weighted by atomic mass is 9.80. The molecule has 1 saturated heterocycles. The number of rotatable bonds is 19. The lowest BCUT2D eigenvalue weighted by molar-refractivity contribution is -0.0938. The Balaban J connectivity index is 1.18. The van der Waals surface area contributed by atoms with Crippen LogP contribution in [-0.4, -0.2) is 78.3 Å². The van der Waals surface area contributed by atoms with Crippen LogP contribution in [0.3, 0.4) is 0 Å². The molecule has 0 spiro atoms. The zero-order valence-corrected chi connectivity index (χ0v) is 40.6. The zero-order valence-electron chi connectivity index (χ0n) is 39.7. The van der Waals surface area contributed by atoms with Crippen molar-refractivity contribution in [2.45, 2.75) is 76.0 Å². The molecule has 1 fully saturated rings. The number of H-pyrrole nitrogens is 1. The second-order valence-electron chi connectivity index (χ2n) is 17.8. The van der Waals surface area contributed by atoms with E-state index < -0.39 is 55.7 Å². The first-order chi connectivity index (χ1) is 33.9. The van der Waals surface area contributed by atoms with Crippen LogP contribution in [0, 0.1) is 11.3 Å². The van der Waals surface area contributed by atoms with Crippen molar-refractivity contribution < 1.29 is 37.3 Å². The summed E-state index contributed by atoms with van der Waals surface area (Å²) in [5.41, 5.74) is -0.440. The number of benzene rings is 7. The molecule has 0 radical (unpaired) electrons. The van der Waals surface area contributed by atoms with Crippen molar-refractivity contribution >= 4 is 40.6 Å². The molecular formula is C55H54N4O10P+. The van der Waals surface area contributed by atoms with E-state index in [9.17, 15) is 19.4 Å². The molecule has 6 atom stereocenters. The van der Waals surface area contributed by atoms with Gasteiger partial charge in [-0.15, -0.1) is 9.05 Å². The van der Waals surface area contributed by atoms with Crippen LogP contribution in [0.4, 0.5) is 0 Å². The van der Waals surface area contributed by atoms with Gasteiger partial charge in [-0.3, -0.25) is 19.2 Å². The first-order valence-electron chi connectivity index (χ1n) is 23.2. The molecule has 2 heterocycles. The minimum Gasteiger partial charge on any atom is -0.497 e. The fourth-order valence-electron chi connectivity index (χ4n) is 9.95. The third-order valence-electron chi connectivity index (χ3n) is 13.0. The Labute approximate surface area is 406 Å². The van der Waals surface area contributed by atoms with Crippen LogP contribution in [0.2, 0.25) is 0 Å². The molecule has 0 bridgehead atoms. The molecule has 1 N–H and O–H groups in total. The fourth-order valence-corrected chi connectivity index (χ4v) is 10.7. The summed E-state index contributed by atoms with van der Waals surface area (Å²) < 4.78 is 60.5. The van der Waals surface area contributed by atoms with E-state index in [0.29, 0.717) is 17.2 Å². The van der Waals surface area contributed by atoms with Gasteiger partial charge in [0.05, 0.1) is 26.9 Å². The standard InChI is InChI=1S/C55H53N4O10P/c1-34(2)59(35(3)4)42(31-56)32-66-70(62)69-51-47(33-65-55(39-13-8-7-9-14-39,40-19-23-43(63-5)24-20-40)41-21-25-44(64-6)26-22-41)68-53(58-30-29-48(60)57-54(58)61)52(51)67-46-28-18-38-16-15-36-11-10-12-37-17-27-45(46)50(38)49(36)37/h7-30,34-35,42,47,51-53H,32-33H2,1-6H3/p+1/t42?,47-,51?,52?,53-/m0/s1. The molecule has 8 aromatic rings. The number of aromatic amines is 1. The van der Waals surface area contributed by atoms with Crippen LogP contribution in [0.1, 0.15) is 50.6 Å². The highest BCUT2D eigenvalue weighted by molar-refractivity contribution is 7.33. The van der Waals surface area contributed by atoms with E-state index in [0.717, 1.165) is 49.0 Å². The average Bonchev–Trinajstić information content (AvgIpc) is 3.70. The highest BCUT2D eigenvalue weighted by Crippen LogP contribution is 2.46. The molecule has 0 amide bonds. The topological polar surface area (TPSA) is 164 Å². The van der Waals surface area contributed by atoms with Gasteiger partial charge in [0.1, 0.15) is 41.6 Å². The van der Waals surface area contributed by atoms with E-state index >= 15 is 0 Å². The van der Waals surface area contributed by atoms with Crippen LogP contribution in [0.5, 0.6) is 17.2 Å². The van der Waals surface area contributed by atoms with E-state index in [-0.39, 0.29) is 25.3 Å². The minimum atomic E-state index is -2.99. The van der Waals surface area contributed by atoms with Crippen LogP contribution >= 0.6 is 8.25 Å². The monoisotopic (exact) mass is 961 g/mol. The summed E-state index contributed by atoms with van der Waals surface area (Å²) in [7, 11) is 0.211. The Bertz CT molecular complexity index is 3190. The van der Waals surface area contributed by atoms with Gasteiger partial charge in [-0.2, -0.15) is 5.26 Å². The van der Waals surface area contributed by atoms with Crippen molar-refractivity contribution in [3.8, 4) is 23.3 Å². The molecule has 1 aliphatic rings. The summed E-state index contributed by atoms with van der Waals surface area (Å²) in [6, 6.07) is 45.7. The van der Waals surface area contributed by atoms with E-state index in [1.54, 1.807) is 14.2 Å². The molecule has 1 aliphatic heterocycles. The van der Waals surface area contributed by atoms with Crippen molar-refractivity contribution in [1.82, 2.24) is 14.5 Å². The van der Waals surface area contributed by atoms with Gasteiger partial charge in [0.15, 0.2) is 18.4 Å². The number of methoxy groups -OCH3 is 2. The maximum Gasteiger partial charge on any atom is 0.698 e. The third kappa shape index (κ3) is 9.28. The predicted molar refractivity (Wildman–Crippen MR) is 268 cm³/mol. The van der Waals surface area contributed by atoms with Crippen LogP contribution in [0.25, 0.3) is 32.3 Å². The molecular weight excluding hydrogens is 908 g/mol. The van der Waals surface area contributed by atoms with Gasteiger partial charge in [-0.05, 0) is 102 Å². The van der Waals surface area contributed by atoms with Gasteiger partial charge in [0.2, 0.25) is 0 Å². The van der Waals surface area contributed by atoms with E-state index in [2.05, 4.69) is 35.3 Å². The van der Waals surface area contributed by atoms with Gasteiger partial charge in [-0.25, -0.2) is 4.79 Å². The number of nitrogens with zero attached hydrogens (tertiary/aromatic N) is 3. The van der Waals surface area contributed by atoms with Crippen LogP contribution < -0.4 is 25.5 Å². The van der Waals surface area contributed by atoms with E-state index in [1.807, 2.05) is 142 Å². The maximum absolute atomic E-state index is 14.4. The Morgan fingerprint density at radius 1 is 0.729 bits per heavy atom. The van der Waals surface area contributed by atoms with Crippen LogP contribution in [0.15, 0.2) is 155 Å². The summed E-state index contributed by atoms with van der Waals surface area (Å²) in [4.78, 5) is 30.7. The maximum atomic E-state index is 14.4.